The van der Waals surface area contributed by atoms with Gasteiger partial charge in [0.2, 0.25) is 0 Å². The maximum atomic E-state index is 6.16. The van der Waals surface area contributed by atoms with Gasteiger partial charge in [0.1, 0.15) is 0 Å². The Labute approximate surface area is 121 Å². The Morgan fingerprint density at radius 3 is 3.15 bits per heavy atom. The maximum absolute atomic E-state index is 6.16. The van der Waals surface area contributed by atoms with Gasteiger partial charge >= 0.3 is 0 Å². The Bertz CT molecular complexity index is 433. The van der Waals surface area contributed by atoms with Crippen LogP contribution in [0.15, 0.2) is 12.4 Å². The third-order valence-corrected chi connectivity index (χ3v) is 4.55. The van der Waals surface area contributed by atoms with Crippen molar-refractivity contribution < 1.29 is 4.74 Å². The molecule has 3 rings (SSSR count). The van der Waals surface area contributed by atoms with Crippen molar-refractivity contribution in [2.75, 3.05) is 26.2 Å². The maximum Gasteiger partial charge on any atom is 0.0898 e. The lowest BCUT2D eigenvalue weighted by atomic mass is 10.0. The van der Waals surface area contributed by atoms with Crippen LogP contribution in [0.5, 0.6) is 0 Å². The zero-order valence-corrected chi connectivity index (χ0v) is 12.6. The van der Waals surface area contributed by atoms with Gasteiger partial charge in [-0.25, -0.2) is 0 Å². The van der Waals surface area contributed by atoms with Crippen LogP contribution in [-0.4, -0.2) is 53.1 Å². The average Bonchev–Trinajstić information content (AvgIpc) is 3.12. The van der Waals surface area contributed by atoms with Gasteiger partial charge in [-0.15, -0.1) is 0 Å². The number of nitrogens with one attached hydrogen (secondary N) is 1. The molecule has 5 nitrogen and oxygen atoms in total. The number of ether oxygens (including phenoxy) is 1. The number of hydrogen-bond acceptors (Lipinski definition) is 4. The second kappa shape index (κ2) is 6.24. The Morgan fingerprint density at radius 2 is 2.40 bits per heavy atom. The molecule has 3 unspecified atom stereocenters. The number of nitrogens with zero attached hydrogens (tertiary/aromatic N) is 3. The lowest BCUT2D eigenvalue weighted by Crippen LogP contribution is -2.50. The topological polar surface area (TPSA) is 42.3 Å². The van der Waals surface area contributed by atoms with Gasteiger partial charge in [-0.2, -0.15) is 5.10 Å². The molecular weight excluding hydrogens is 252 g/mol. The molecule has 2 aliphatic rings. The molecule has 1 aromatic rings. The summed E-state index contributed by atoms with van der Waals surface area (Å²) < 4.78 is 8.15. The SMILES string of the molecule is CCNC(c1cnn(CC)c1)C1CN2CCCC2CO1. The molecular formula is C15H26N4O. The van der Waals surface area contributed by atoms with Crippen LogP contribution >= 0.6 is 0 Å². The predicted octanol–water partition coefficient (Wildman–Crippen LogP) is 1.42. The van der Waals surface area contributed by atoms with Crippen LogP contribution < -0.4 is 5.32 Å². The van der Waals surface area contributed by atoms with E-state index in [9.17, 15) is 0 Å². The van der Waals surface area contributed by atoms with E-state index in [0.717, 1.165) is 26.2 Å². The Morgan fingerprint density at radius 1 is 1.50 bits per heavy atom. The quantitative estimate of drug-likeness (QED) is 0.884. The molecule has 0 aromatic carbocycles. The lowest BCUT2D eigenvalue weighted by Gasteiger charge is -2.38. The third-order valence-electron chi connectivity index (χ3n) is 4.55. The van der Waals surface area contributed by atoms with Crippen LogP contribution in [-0.2, 0) is 11.3 Å². The van der Waals surface area contributed by atoms with Gasteiger partial charge in [0.15, 0.2) is 0 Å². The van der Waals surface area contributed by atoms with Gasteiger partial charge in [-0.1, -0.05) is 6.92 Å². The average molecular weight is 278 g/mol. The van der Waals surface area contributed by atoms with Gasteiger partial charge in [0.25, 0.3) is 0 Å². The summed E-state index contributed by atoms with van der Waals surface area (Å²) in [7, 11) is 0. The van der Waals surface area contributed by atoms with Crippen molar-refractivity contribution in [1.82, 2.24) is 20.0 Å². The molecule has 3 heterocycles. The highest BCUT2D eigenvalue weighted by molar-refractivity contribution is 5.13. The Kier molecular flexibility index (Phi) is 4.38. The van der Waals surface area contributed by atoms with E-state index in [1.54, 1.807) is 0 Å². The predicted molar refractivity (Wildman–Crippen MR) is 78.7 cm³/mol. The number of morpholine rings is 1. The summed E-state index contributed by atoms with van der Waals surface area (Å²) in [5, 5.41) is 7.99. The lowest BCUT2D eigenvalue weighted by molar-refractivity contribution is -0.0650. The van der Waals surface area contributed by atoms with Crippen LogP contribution in [0.3, 0.4) is 0 Å². The molecule has 0 spiro atoms. The molecule has 0 bridgehead atoms. The van der Waals surface area contributed by atoms with Crippen LogP contribution in [0.1, 0.15) is 38.3 Å². The molecule has 2 fully saturated rings. The molecule has 2 aliphatic heterocycles. The normalized spacial score (nSPS) is 28.5. The van der Waals surface area contributed by atoms with E-state index in [-0.39, 0.29) is 12.1 Å². The molecule has 0 aliphatic carbocycles. The summed E-state index contributed by atoms with van der Waals surface area (Å²) >= 11 is 0. The van der Waals surface area contributed by atoms with E-state index in [1.165, 1.54) is 24.9 Å². The summed E-state index contributed by atoms with van der Waals surface area (Å²) in [5.41, 5.74) is 1.25. The van der Waals surface area contributed by atoms with Gasteiger partial charge in [0.05, 0.1) is 24.9 Å². The van der Waals surface area contributed by atoms with Crippen LogP contribution in [0.2, 0.25) is 0 Å². The van der Waals surface area contributed by atoms with Gasteiger partial charge in [-0.3, -0.25) is 9.58 Å². The molecule has 112 valence electrons. The monoisotopic (exact) mass is 278 g/mol. The summed E-state index contributed by atoms with van der Waals surface area (Å²) in [6, 6.07) is 0.911. The summed E-state index contributed by atoms with van der Waals surface area (Å²) in [5.74, 6) is 0. The van der Waals surface area contributed by atoms with Crippen molar-refractivity contribution in [2.24, 2.45) is 0 Å². The molecule has 0 radical (unpaired) electrons. The second-order valence-electron chi connectivity index (χ2n) is 5.83. The number of hydrogen-bond donors (Lipinski definition) is 1. The highest BCUT2D eigenvalue weighted by Crippen LogP contribution is 2.28. The fraction of sp³-hybridized carbons (Fsp3) is 0.800. The highest BCUT2D eigenvalue weighted by atomic mass is 16.5. The first kappa shape index (κ1) is 14.0. The Hall–Kier alpha value is -0.910. The van der Waals surface area contributed by atoms with Crippen molar-refractivity contribution >= 4 is 0 Å². The van der Waals surface area contributed by atoms with Crippen LogP contribution in [0.4, 0.5) is 0 Å². The van der Waals surface area contributed by atoms with Crippen molar-refractivity contribution in [3.8, 4) is 0 Å². The first-order chi connectivity index (χ1) is 9.81. The minimum atomic E-state index is 0.235. The van der Waals surface area contributed by atoms with Crippen LogP contribution in [0.25, 0.3) is 0 Å². The molecule has 20 heavy (non-hydrogen) atoms. The smallest absolute Gasteiger partial charge is 0.0898 e. The van der Waals surface area contributed by atoms with Crippen molar-refractivity contribution in [1.29, 1.82) is 0 Å². The van der Waals surface area contributed by atoms with Crippen molar-refractivity contribution in [3.63, 3.8) is 0 Å². The number of likely N-dealkylation sites (N-methyl/N-ethyl adjacent to an activating group) is 1. The van der Waals surface area contributed by atoms with E-state index < -0.39 is 0 Å². The molecule has 0 amide bonds. The number of fused-ring (bicyclic) bond motifs is 1. The molecule has 2 saturated heterocycles. The third kappa shape index (κ3) is 2.75. The zero-order chi connectivity index (χ0) is 13.9. The minimum absolute atomic E-state index is 0.235. The first-order valence-corrected chi connectivity index (χ1v) is 7.93. The fourth-order valence-corrected chi connectivity index (χ4v) is 3.44. The van der Waals surface area contributed by atoms with Gasteiger partial charge < -0.3 is 10.1 Å². The largest absolute Gasteiger partial charge is 0.373 e. The van der Waals surface area contributed by atoms with Crippen molar-refractivity contribution in [3.05, 3.63) is 18.0 Å². The summed E-state index contributed by atoms with van der Waals surface area (Å²) in [4.78, 5) is 2.60. The van der Waals surface area contributed by atoms with E-state index in [2.05, 4.69) is 35.4 Å². The number of aromatic nitrogens is 2. The molecule has 1 N–H and O–H groups in total. The summed E-state index contributed by atoms with van der Waals surface area (Å²) in [6.45, 7) is 9.29. The second-order valence-corrected chi connectivity index (χ2v) is 5.83. The van der Waals surface area contributed by atoms with E-state index >= 15 is 0 Å². The number of rotatable bonds is 5. The van der Waals surface area contributed by atoms with Crippen molar-refractivity contribution in [2.45, 2.75) is 51.4 Å². The van der Waals surface area contributed by atoms with Crippen LogP contribution in [0, 0.1) is 0 Å². The standard InChI is InChI=1S/C15H26N4O/c1-3-16-15(12-8-17-19(4-2)9-12)14-10-18-7-5-6-13(18)11-20-14/h8-9,13-16H,3-7,10-11H2,1-2H3. The van der Waals surface area contributed by atoms with E-state index in [4.69, 9.17) is 4.74 Å². The molecule has 5 heteroatoms. The highest BCUT2D eigenvalue weighted by Gasteiger charge is 2.36. The molecule has 1 aromatic heterocycles. The zero-order valence-electron chi connectivity index (χ0n) is 12.6. The van der Waals surface area contributed by atoms with E-state index in [1.807, 2.05) is 10.9 Å². The Balaban J connectivity index is 1.72. The number of aryl methyl sites for hydroxylation is 1. The van der Waals surface area contributed by atoms with Gasteiger partial charge in [0, 0.05) is 30.9 Å². The van der Waals surface area contributed by atoms with E-state index in [0.29, 0.717) is 6.04 Å². The first-order valence-electron chi connectivity index (χ1n) is 7.93. The fourth-order valence-electron chi connectivity index (χ4n) is 3.44. The minimum Gasteiger partial charge on any atom is -0.373 e. The molecule has 0 saturated carbocycles. The van der Waals surface area contributed by atoms with Gasteiger partial charge in [-0.05, 0) is 32.9 Å². The summed E-state index contributed by atoms with van der Waals surface area (Å²) in [6.07, 6.45) is 6.98. The molecule has 3 atom stereocenters.